The largest absolute Gasteiger partial charge is 0.347 e. The fourth-order valence-corrected chi connectivity index (χ4v) is 4.06. The summed E-state index contributed by atoms with van der Waals surface area (Å²) in [7, 11) is 0. The second kappa shape index (κ2) is 10.2. The molecule has 1 aromatic heterocycles. The van der Waals surface area contributed by atoms with Crippen LogP contribution in [-0.2, 0) is 11.3 Å². The number of likely N-dealkylation sites (tertiary alicyclic amines) is 1. The normalized spacial score (nSPS) is 16.7. The van der Waals surface area contributed by atoms with Crippen molar-refractivity contribution < 1.29 is 14.1 Å². The summed E-state index contributed by atoms with van der Waals surface area (Å²) in [4.78, 5) is 32.5. The fraction of sp³-hybridized carbons (Fsp3) is 0.385. The Hall–Kier alpha value is -3.52. The molecular weight excluding hydrogens is 430 g/mol. The van der Waals surface area contributed by atoms with Crippen LogP contribution in [0, 0.1) is 5.92 Å². The maximum Gasteiger partial charge on any atom is 0.253 e. The van der Waals surface area contributed by atoms with Crippen LogP contribution in [0.4, 0.5) is 5.69 Å². The molecule has 8 heteroatoms. The topological polar surface area (TPSA) is 100 Å². The lowest BCUT2D eigenvalue weighted by atomic mass is 9.96. The van der Waals surface area contributed by atoms with Crippen LogP contribution in [0.15, 0.2) is 59.1 Å². The summed E-state index contributed by atoms with van der Waals surface area (Å²) in [6, 6.07) is 16.8. The van der Waals surface area contributed by atoms with Crippen molar-refractivity contribution in [3.8, 4) is 11.4 Å². The van der Waals surface area contributed by atoms with E-state index in [1.54, 1.807) is 18.2 Å². The van der Waals surface area contributed by atoms with Gasteiger partial charge in [-0.3, -0.25) is 14.5 Å². The number of piperidine rings is 1. The Bertz CT molecular complexity index is 1140. The van der Waals surface area contributed by atoms with E-state index in [4.69, 9.17) is 4.52 Å². The Kier molecular flexibility index (Phi) is 7.07. The molecule has 2 heterocycles. The number of hydrogen-bond donors (Lipinski definition) is 2. The summed E-state index contributed by atoms with van der Waals surface area (Å²) in [5, 5.41) is 10.0. The molecule has 3 aromatic rings. The van der Waals surface area contributed by atoms with E-state index in [1.807, 2.05) is 57.2 Å². The quantitative estimate of drug-likeness (QED) is 0.573. The number of carbonyl (C=O) groups excluding carboxylic acids is 2. The third kappa shape index (κ3) is 6.08. The summed E-state index contributed by atoms with van der Waals surface area (Å²) in [6.07, 6.45) is 1.68. The highest BCUT2D eigenvalue weighted by Crippen LogP contribution is 2.23. The lowest BCUT2D eigenvalue weighted by Crippen LogP contribution is -2.42. The molecule has 8 nitrogen and oxygen atoms in total. The number of hydrogen-bond acceptors (Lipinski definition) is 6. The molecule has 1 aliphatic rings. The van der Waals surface area contributed by atoms with Crippen molar-refractivity contribution in [3.05, 3.63) is 66.1 Å². The van der Waals surface area contributed by atoms with Gasteiger partial charge >= 0.3 is 0 Å². The Morgan fingerprint density at radius 3 is 2.59 bits per heavy atom. The third-order valence-electron chi connectivity index (χ3n) is 5.65. The summed E-state index contributed by atoms with van der Waals surface area (Å²) >= 11 is 0. The molecule has 178 valence electrons. The van der Waals surface area contributed by atoms with Gasteiger partial charge in [0, 0.05) is 17.6 Å². The van der Waals surface area contributed by atoms with Crippen LogP contribution in [0.5, 0.6) is 0 Å². The Labute approximate surface area is 199 Å². The lowest BCUT2D eigenvalue weighted by Gasteiger charge is -2.31. The van der Waals surface area contributed by atoms with Crippen LogP contribution in [0.2, 0.25) is 0 Å². The molecule has 34 heavy (non-hydrogen) atoms. The molecule has 4 rings (SSSR count). The third-order valence-corrected chi connectivity index (χ3v) is 5.65. The number of aromatic nitrogens is 2. The predicted molar refractivity (Wildman–Crippen MR) is 130 cm³/mol. The molecule has 2 N–H and O–H groups in total. The number of nitrogens with one attached hydrogen (secondary N) is 2. The van der Waals surface area contributed by atoms with Crippen molar-refractivity contribution in [2.45, 2.75) is 45.7 Å². The summed E-state index contributed by atoms with van der Waals surface area (Å²) in [6.45, 7) is 7.72. The van der Waals surface area contributed by atoms with E-state index in [9.17, 15) is 9.59 Å². The minimum atomic E-state index is -0.368. The molecule has 1 unspecified atom stereocenters. The van der Waals surface area contributed by atoms with Crippen LogP contribution in [-0.4, -0.2) is 45.5 Å². The molecule has 1 aliphatic heterocycles. The number of carbonyl (C=O) groups is 2. The minimum Gasteiger partial charge on any atom is -0.347 e. The zero-order chi connectivity index (χ0) is 24.1. The van der Waals surface area contributed by atoms with Gasteiger partial charge in [0.1, 0.15) is 0 Å². The maximum atomic E-state index is 13.1. The van der Waals surface area contributed by atoms with Crippen molar-refractivity contribution >= 4 is 17.5 Å². The summed E-state index contributed by atoms with van der Waals surface area (Å²) in [5.74, 6) is 0.607. The molecular formula is C26H31N5O3. The number of benzene rings is 2. The van der Waals surface area contributed by atoms with Gasteiger partial charge in [-0.25, -0.2) is 0 Å². The van der Waals surface area contributed by atoms with Crippen molar-refractivity contribution in [2.24, 2.45) is 5.92 Å². The highest BCUT2D eigenvalue weighted by molar-refractivity contribution is 6.04. The molecule has 0 aliphatic carbocycles. The minimum absolute atomic E-state index is 0.0868. The van der Waals surface area contributed by atoms with Crippen LogP contribution < -0.4 is 10.6 Å². The predicted octanol–water partition coefficient (Wildman–Crippen LogP) is 4.12. The maximum absolute atomic E-state index is 13.1. The van der Waals surface area contributed by atoms with Gasteiger partial charge in [-0.1, -0.05) is 47.6 Å². The Morgan fingerprint density at radius 2 is 1.82 bits per heavy atom. The first-order valence-electron chi connectivity index (χ1n) is 11.6. The van der Waals surface area contributed by atoms with E-state index in [1.165, 1.54) is 0 Å². The monoisotopic (exact) mass is 461 g/mol. The standard InChI is InChI=1S/C26H31N5O3/c1-26(2,3)29-25(33)20-13-7-8-14-21(20)27-24(32)19-12-9-15-31(16-19)17-22-28-23(30-34-22)18-10-5-4-6-11-18/h4-8,10-11,13-14,19H,9,12,15-17H2,1-3H3,(H,27,32)(H,29,33). The number of nitrogens with zero attached hydrogens (tertiary/aromatic N) is 3. The van der Waals surface area contributed by atoms with Gasteiger partial charge in [0.25, 0.3) is 5.91 Å². The van der Waals surface area contributed by atoms with Crippen molar-refractivity contribution in [1.82, 2.24) is 20.4 Å². The molecule has 0 bridgehead atoms. The van der Waals surface area contributed by atoms with Gasteiger partial charge in [0.15, 0.2) is 0 Å². The van der Waals surface area contributed by atoms with E-state index >= 15 is 0 Å². The van der Waals surface area contributed by atoms with Gasteiger partial charge in [-0.2, -0.15) is 4.98 Å². The van der Waals surface area contributed by atoms with E-state index in [2.05, 4.69) is 25.7 Å². The lowest BCUT2D eigenvalue weighted by molar-refractivity contribution is -0.121. The Balaban J connectivity index is 1.38. The molecule has 1 saturated heterocycles. The molecule has 2 amide bonds. The number of amides is 2. The smallest absolute Gasteiger partial charge is 0.253 e. The Morgan fingerprint density at radius 1 is 1.09 bits per heavy atom. The second-order valence-corrected chi connectivity index (χ2v) is 9.69. The average Bonchev–Trinajstić information content (AvgIpc) is 3.27. The van der Waals surface area contributed by atoms with Crippen molar-refractivity contribution in [3.63, 3.8) is 0 Å². The molecule has 0 saturated carbocycles. The van der Waals surface area contributed by atoms with E-state index in [0.717, 1.165) is 24.9 Å². The van der Waals surface area contributed by atoms with E-state index in [0.29, 0.717) is 36.1 Å². The van der Waals surface area contributed by atoms with E-state index < -0.39 is 0 Å². The van der Waals surface area contributed by atoms with Gasteiger partial charge < -0.3 is 15.2 Å². The zero-order valence-electron chi connectivity index (χ0n) is 19.9. The van der Waals surface area contributed by atoms with Gasteiger partial charge in [0.05, 0.1) is 23.7 Å². The zero-order valence-corrected chi connectivity index (χ0v) is 19.9. The fourth-order valence-electron chi connectivity index (χ4n) is 4.06. The average molecular weight is 462 g/mol. The first-order chi connectivity index (χ1) is 16.3. The van der Waals surface area contributed by atoms with Gasteiger partial charge in [-0.15, -0.1) is 0 Å². The molecule has 1 fully saturated rings. The molecule has 1 atom stereocenters. The van der Waals surface area contributed by atoms with Gasteiger partial charge in [0.2, 0.25) is 17.6 Å². The highest BCUT2D eigenvalue weighted by Gasteiger charge is 2.28. The summed E-state index contributed by atoms with van der Waals surface area (Å²) in [5.41, 5.74) is 1.52. The van der Waals surface area contributed by atoms with Crippen molar-refractivity contribution in [2.75, 3.05) is 18.4 Å². The summed E-state index contributed by atoms with van der Waals surface area (Å²) < 4.78 is 5.45. The SMILES string of the molecule is CC(C)(C)NC(=O)c1ccccc1NC(=O)C1CCCN(Cc2nc(-c3ccccc3)no2)C1. The highest BCUT2D eigenvalue weighted by atomic mass is 16.5. The number of rotatable bonds is 6. The van der Waals surface area contributed by atoms with Crippen LogP contribution in [0.25, 0.3) is 11.4 Å². The van der Waals surface area contributed by atoms with Crippen LogP contribution in [0.3, 0.4) is 0 Å². The molecule has 0 radical (unpaired) electrons. The number of anilines is 1. The molecule has 2 aromatic carbocycles. The van der Waals surface area contributed by atoms with Crippen molar-refractivity contribution in [1.29, 1.82) is 0 Å². The first kappa shape index (κ1) is 23.6. The first-order valence-corrected chi connectivity index (χ1v) is 11.6. The van der Waals surface area contributed by atoms with E-state index in [-0.39, 0.29) is 23.3 Å². The van der Waals surface area contributed by atoms with Crippen LogP contribution in [0.1, 0.15) is 49.9 Å². The number of para-hydroxylation sites is 1. The molecule has 0 spiro atoms. The van der Waals surface area contributed by atoms with Gasteiger partial charge in [-0.05, 0) is 52.3 Å². The van der Waals surface area contributed by atoms with Crippen LogP contribution >= 0.6 is 0 Å². The second-order valence-electron chi connectivity index (χ2n) is 9.69.